The van der Waals surface area contributed by atoms with Gasteiger partial charge in [-0.3, -0.25) is 4.79 Å². The number of carbonyl (C=O) groups excluding carboxylic acids is 2. The van der Waals surface area contributed by atoms with Gasteiger partial charge in [-0.15, -0.1) is 0 Å². The van der Waals surface area contributed by atoms with E-state index in [9.17, 15) is 18.0 Å². The van der Waals surface area contributed by atoms with Crippen LogP contribution in [0.1, 0.15) is 22.3 Å². The van der Waals surface area contributed by atoms with E-state index < -0.39 is 28.3 Å². The summed E-state index contributed by atoms with van der Waals surface area (Å²) in [5.41, 5.74) is 1.11. The molecule has 0 atom stereocenters. The van der Waals surface area contributed by atoms with Gasteiger partial charge in [-0.2, -0.15) is 0 Å². The highest BCUT2D eigenvalue weighted by Crippen LogP contribution is 2.16. The van der Waals surface area contributed by atoms with E-state index in [1.807, 2.05) is 30.3 Å². The van der Waals surface area contributed by atoms with Gasteiger partial charge in [-0.25, -0.2) is 13.2 Å². The molecule has 0 heterocycles. The highest BCUT2D eigenvalue weighted by molar-refractivity contribution is 7.90. The second-order valence-corrected chi connectivity index (χ2v) is 7.77. The van der Waals surface area contributed by atoms with Crippen molar-refractivity contribution in [1.29, 1.82) is 0 Å². The summed E-state index contributed by atoms with van der Waals surface area (Å²) in [4.78, 5) is 23.7. The lowest BCUT2D eigenvalue weighted by atomic mass is 10.1. The second-order valence-electron chi connectivity index (χ2n) is 5.78. The van der Waals surface area contributed by atoms with Crippen LogP contribution in [0.5, 0.6) is 0 Å². The van der Waals surface area contributed by atoms with Crippen LogP contribution in [-0.2, 0) is 25.8 Å². The highest BCUT2D eigenvalue weighted by Gasteiger charge is 2.19. The Hall–Kier alpha value is -2.67. The van der Waals surface area contributed by atoms with Crippen LogP contribution < -0.4 is 5.32 Å². The average Bonchev–Trinajstić information content (AvgIpc) is 2.63. The van der Waals surface area contributed by atoms with Crippen LogP contribution in [0.4, 0.5) is 0 Å². The number of benzene rings is 2. The van der Waals surface area contributed by atoms with Crippen molar-refractivity contribution in [3.8, 4) is 0 Å². The molecule has 0 saturated heterocycles. The molecule has 0 fully saturated rings. The van der Waals surface area contributed by atoms with Gasteiger partial charge >= 0.3 is 5.97 Å². The topological polar surface area (TPSA) is 89.5 Å². The Morgan fingerprint density at radius 1 is 1.00 bits per heavy atom. The molecule has 0 saturated carbocycles. The third-order valence-electron chi connectivity index (χ3n) is 3.65. The SMILES string of the molecule is CS(=O)(=O)c1ccccc1C(=O)OCC(=O)NCCCc1ccccc1. The van der Waals surface area contributed by atoms with Gasteiger partial charge in [0, 0.05) is 12.8 Å². The minimum Gasteiger partial charge on any atom is -0.452 e. The Morgan fingerprint density at radius 3 is 2.35 bits per heavy atom. The number of esters is 1. The predicted molar refractivity (Wildman–Crippen MR) is 97.6 cm³/mol. The number of hydrogen-bond donors (Lipinski definition) is 1. The Bertz CT molecular complexity index is 863. The van der Waals surface area contributed by atoms with E-state index in [1.54, 1.807) is 0 Å². The number of hydrogen-bond acceptors (Lipinski definition) is 5. The molecule has 1 amide bonds. The Morgan fingerprint density at radius 2 is 1.65 bits per heavy atom. The quantitative estimate of drug-likeness (QED) is 0.563. The maximum Gasteiger partial charge on any atom is 0.339 e. The maximum atomic E-state index is 12.1. The molecule has 26 heavy (non-hydrogen) atoms. The van der Waals surface area contributed by atoms with Crippen molar-refractivity contribution in [2.75, 3.05) is 19.4 Å². The molecule has 0 aromatic heterocycles. The minimum absolute atomic E-state index is 0.0770. The van der Waals surface area contributed by atoms with E-state index in [4.69, 9.17) is 4.74 Å². The molecule has 1 N–H and O–H groups in total. The molecule has 6 nitrogen and oxygen atoms in total. The van der Waals surface area contributed by atoms with Crippen LogP contribution >= 0.6 is 0 Å². The molecule has 0 bridgehead atoms. The maximum absolute atomic E-state index is 12.1. The van der Waals surface area contributed by atoms with Gasteiger partial charge in [0.05, 0.1) is 10.5 Å². The fourth-order valence-electron chi connectivity index (χ4n) is 2.38. The summed E-state index contributed by atoms with van der Waals surface area (Å²) in [6.07, 6.45) is 2.61. The average molecular weight is 375 g/mol. The van der Waals surface area contributed by atoms with Crippen LogP contribution in [0.15, 0.2) is 59.5 Å². The van der Waals surface area contributed by atoms with Gasteiger partial charge in [0.1, 0.15) is 0 Å². The van der Waals surface area contributed by atoms with Gasteiger partial charge < -0.3 is 10.1 Å². The van der Waals surface area contributed by atoms with Crippen molar-refractivity contribution < 1.29 is 22.7 Å². The molecule has 0 unspecified atom stereocenters. The van der Waals surface area contributed by atoms with Crippen LogP contribution in [-0.4, -0.2) is 39.7 Å². The monoisotopic (exact) mass is 375 g/mol. The van der Waals surface area contributed by atoms with Gasteiger partial charge in [0.15, 0.2) is 16.4 Å². The number of rotatable bonds is 8. The molecular weight excluding hydrogens is 354 g/mol. The van der Waals surface area contributed by atoms with Gasteiger partial charge in [0.2, 0.25) is 0 Å². The fraction of sp³-hybridized carbons (Fsp3) is 0.263. The second kappa shape index (κ2) is 9.15. The molecule has 0 spiro atoms. The zero-order chi connectivity index (χ0) is 19.0. The molecule has 2 rings (SSSR count). The van der Waals surface area contributed by atoms with Gasteiger partial charge in [0.25, 0.3) is 5.91 Å². The first kappa shape index (κ1) is 19.7. The van der Waals surface area contributed by atoms with Crippen molar-refractivity contribution >= 4 is 21.7 Å². The summed E-state index contributed by atoms with van der Waals surface area (Å²) in [6, 6.07) is 15.6. The van der Waals surface area contributed by atoms with Gasteiger partial charge in [-0.1, -0.05) is 42.5 Å². The molecule has 0 aliphatic carbocycles. The lowest BCUT2D eigenvalue weighted by Crippen LogP contribution is -2.30. The number of amides is 1. The summed E-state index contributed by atoms with van der Waals surface area (Å²) in [6.45, 7) is 0.00741. The summed E-state index contributed by atoms with van der Waals surface area (Å²) in [5, 5.41) is 2.67. The molecule has 0 aliphatic rings. The minimum atomic E-state index is -3.56. The van der Waals surface area contributed by atoms with Crippen LogP contribution in [0.3, 0.4) is 0 Å². The summed E-state index contributed by atoms with van der Waals surface area (Å²) < 4.78 is 28.3. The first-order valence-corrected chi connectivity index (χ1v) is 10.0. The molecule has 138 valence electrons. The molecule has 2 aromatic carbocycles. The summed E-state index contributed by atoms with van der Waals surface area (Å²) >= 11 is 0. The molecule has 0 radical (unpaired) electrons. The Labute approximate surface area is 153 Å². The van der Waals surface area contributed by atoms with Crippen molar-refractivity contribution in [3.05, 3.63) is 65.7 Å². The van der Waals surface area contributed by atoms with Crippen LogP contribution in [0, 0.1) is 0 Å². The zero-order valence-corrected chi connectivity index (χ0v) is 15.3. The first-order chi connectivity index (χ1) is 12.4. The molecule has 2 aromatic rings. The van der Waals surface area contributed by atoms with Crippen LogP contribution in [0.2, 0.25) is 0 Å². The van der Waals surface area contributed by atoms with E-state index in [1.165, 1.54) is 29.8 Å². The molecular formula is C19H21NO5S. The molecule has 0 aliphatic heterocycles. The van der Waals surface area contributed by atoms with Crippen molar-refractivity contribution in [1.82, 2.24) is 5.32 Å². The first-order valence-electron chi connectivity index (χ1n) is 8.15. The molecule has 7 heteroatoms. The van der Waals surface area contributed by atoms with Gasteiger partial charge in [-0.05, 0) is 30.5 Å². The number of nitrogens with one attached hydrogen (secondary N) is 1. The van der Waals surface area contributed by atoms with E-state index >= 15 is 0 Å². The highest BCUT2D eigenvalue weighted by atomic mass is 32.2. The Balaban J connectivity index is 1.78. The summed E-state index contributed by atoms with van der Waals surface area (Å²) in [7, 11) is -3.56. The number of ether oxygens (including phenoxy) is 1. The summed E-state index contributed by atoms with van der Waals surface area (Å²) in [5.74, 6) is -1.27. The van der Waals surface area contributed by atoms with E-state index in [2.05, 4.69) is 5.32 Å². The van der Waals surface area contributed by atoms with Crippen molar-refractivity contribution in [2.24, 2.45) is 0 Å². The van der Waals surface area contributed by atoms with Crippen LogP contribution in [0.25, 0.3) is 0 Å². The smallest absolute Gasteiger partial charge is 0.339 e. The Kier molecular flexibility index (Phi) is 6.91. The third-order valence-corrected chi connectivity index (χ3v) is 4.80. The standard InChI is InChI=1S/C19H21NO5S/c1-26(23,24)17-12-6-5-11-16(17)19(22)25-14-18(21)20-13-7-10-15-8-3-2-4-9-15/h2-6,8-9,11-12H,7,10,13-14H2,1H3,(H,20,21). The van der Waals surface area contributed by atoms with E-state index in [0.717, 1.165) is 19.1 Å². The zero-order valence-electron chi connectivity index (χ0n) is 14.5. The van der Waals surface area contributed by atoms with E-state index in [-0.39, 0.29) is 10.5 Å². The normalized spacial score (nSPS) is 11.0. The largest absolute Gasteiger partial charge is 0.452 e. The lowest BCUT2D eigenvalue weighted by Gasteiger charge is -2.09. The van der Waals surface area contributed by atoms with Crippen molar-refractivity contribution in [2.45, 2.75) is 17.7 Å². The third kappa shape index (κ3) is 6.00. The number of sulfone groups is 1. The number of aryl methyl sites for hydroxylation is 1. The van der Waals surface area contributed by atoms with E-state index in [0.29, 0.717) is 6.54 Å². The predicted octanol–water partition coefficient (Wildman–Crippen LogP) is 2.00. The number of carbonyl (C=O) groups is 2. The fourth-order valence-corrected chi connectivity index (χ4v) is 3.26. The van der Waals surface area contributed by atoms with Crippen molar-refractivity contribution in [3.63, 3.8) is 0 Å². The lowest BCUT2D eigenvalue weighted by molar-refractivity contribution is -0.124.